The summed E-state index contributed by atoms with van der Waals surface area (Å²) in [5.74, 6) is 0.0637. The number of pyridine rings is 3. The average molecular weight is 349 g/mol. The molecule has 130 valence electrons. The normalized spacial score (nSPS) is 15.3. The van der Waals surface area contributed by atoms with E-state index >= 15 is 0 Å². The second-order valence-electron chi connectivity index (χ2n) is 6.61. The first-order valence-electron chi connectivity index (χ1n) is 8.73. The highest BCUT2D eigenvalue weighted by atomic mass is 19.1. The van der Waals surface area contributed by atoms with E-state index in [0.717, 1.165) is 36.8 Å². The number of nitrogens with zero attached hydrogens (tertiary/aromatic N) is 5. The molecule has 4 aromatic heterocycles. The van der Waals surface area contributed by atoms with Gasteiger partial charge in [0.15, 0.2) is 5.65 Å². The van der Waals surface area contributed by atoms with Gasteiger partial charge in [0, 0.05) is 30.0 Å². The Balaban J connectivity index is 1.82. The van der Waals surface area contributed by atoms with Crippen LogP contribution < -0.4 is 5.56 Å². The molecule has 0 unspecified atom stereocenters. The largest absolute Gasteiger partial charge is 0.291 e. The molecule has 1 fully saturated rings. The third-order valence-electron chi connectivity index (χ3n) is 5.08. The molecular weight excluding hydrogens is 333 g/mol. The van der Waals surface area contributed by atoms with Crippen LogP contribution in [0.25, 0.3) is 28.0 Å². The Labute approximate surface area is 148 Å². The number of rotatable bonds is 2. The van der Waals surface area contributed by atoms with Crippen LogP contribution in [0.2, 0.25) is 0 Å². The first-order valence-corrected chi connectivity index (χ1v) is 8.73. The van der Waals surface area contributed by atoms with E-state index in [1.54, 1.807) is 18.5 Å². The highest BCUT2D eigenvalue weighted by Gasteiger charge is 2.25. The number of hydrogen-bond acceptors (Lipinski definition) is 4. The van der Waals surface area contributed by atoms with E-state index in [1.165, 1.54) is 16.8 Å². The third kappa shape index (κ3) is 2.16. The summed E-state index contributed by atoms with van der Waals surface area (Å²) in [6, 6.07) is 6.81. The molecule has 5 rings (SSSR count). The van der Waals surface area contributed by atoms with Gasteiger partial charge in [-0.15, -0.1) is 0 Å². The monoisotopic (exact) mass is 349 g/mol. The quantitative estimate of drug-likeness (QED) is 0.556. The fourth-order valence-corrected chi connectivity index (χ4v) is 3.85. The van der Waals surface area contributed by atoms with E-state index in [0.29, 0.717) is 5.95 Å². The molecule has 1 aliphatic rings. The maximum absolute atomic E-state index is 14.0. The molecule has 0 saturated heterocycles. The van der Waals surface area contributed by atoms with Crippen molar-refractivity contribution in [3.05, 3.63) is 59.0 Å². The highest BCUT2D eigenvalue weighted by Crippen LogP contribution is 2.34. The summed E-state index contributed by atoms with van der Waals surface area (Å²) in [5.41, 5.74) is 1.24. The fourth-order valence-electron chi connectivity index (χ4n) is 3.85. The topological polar surface area (TPSA) is 65.6 Å². The lowest BCUT2D eigenvalue weighted by Crippen LogP contribution is -2.23. The number of aromatic nitrogens is 5. The summed E-state index contributed by atoms with van der Waals surface area (Å²) in [5, 5.41) is 0.218. The van der Waals surface area contributed by atoms with Crippen LogP contribution in [-0.4, -0.2) is 24.1 Å². The molecule has 4 heterocycles. The molecule has 4 aromatic rings. The van der Waals surface area contributed by atoms with Crippen molar-refractivity contribution in [2.24, 2.45) is 0 Å². The highest BCUT2D eigenvalue weighted by molar-refractivity contribution is 5.78. The van der Waals surface area contributed by atoms with Crippen molar-refractivity contribution in [2.75, 3.05) is 0 Å². The van der Waals surface area contributed by atoms with E-state index in [9.17, 15) is 9.18 Å². The number of imidazole rings is 1. The molecule has 0 radical (unpaired) electrons. The van der Waals surface area contributed by atoms with Crippen molar-refractivity contribution in [2.45, 2.75) is 31.7 Å². The summed E-state index contributed by atoms with van der Waals surface area (Å²) in [7, 11) is 0. The van der Waals surface area contributed by atoms with Gasteiger partial charge in [0.1, 0.15) is 16.9 Å². The summed E-state index contributed by atoms with van der Waals surface area (Å²) in [6.07, 6.45) is 8.98. The minimum atomic E-state index is -0.454. The van der Waals surface area contributed by atoms with Gasteiger partial charge in [0.05, 0.1) is 0 Å². The van der Waals surface area contributed by atoms with E-state index < -0.39 is 5.82 Å². The molecule has 0 bridgehead atoms. The summed E-state index contributed by atoms with van der Waals surface area (Å²) in [6.45, 7) is 0. The Morgan fingerprint density at radius 1 is 1.08 bits per heavy atom. The average Bonchev–Trinajstić information content (AvgIpc) is 3.29. The van der Waals surface area contributed by atoms with Gasteiger partial charge in [-0.3, -0.25) is 18.9 Å². The molecular formula is C19H16FN5O. The molecule has 6 nitrogen and oxygen atoms in total. The zero-order valence-corrected chi connectivity index (χ0v) is 14.0. The molecule has 0 aliphatic heterocycles. The van der Waals surface area contributed by atoms with E-state index in [1.807, 2.05) is 12.1 Å². The van der Waals surface area contributed by atoms with Crippen molar-refractivity contribution in [3.8, 4) is 5.95 Å². The summed E-state index contributed by atoms with van der Waals surface area (Å²) in [4.78, 5) is 26.2. The number of hydrogen-bond donors (Lipinski definition) is 0. The van der Waals surface area contributed by atoms with E-state index in [-0.39, 0.29) is 22.5 Å². The zero-order valence-electron chi connectivity index (χ0n) is 14.0. The maximum Gasteiger partial charge on any atom is 0.284 e. The van der Waals surface area contributed by atoms with Gasteiger partial charge in [0.25, 0.3) is 5.56 Å². The minimum Gasteiger partial charge on any atom is -0.291 e. The Morgan fingerprint density at radius 3 is 2.77 bits per heavy atom. The predicted molar refractivity (Wildman–Crippen MR) is 95.9 cm³/mol. The molecule has 1 saturated carbocycles. The van der Waals surface area contributed by atoms with E-state index in [4.69, 9.17) is 0 Å². The lowest BCUT2D eigenvalue weighted by Gasteiger charge is -2.16. The van der Waals surface area contributed by atoms with Crippen molar-refractivity contribution in [1.29, 1.82) is 0 Å². The second kappa shape index (κ2) is 5.72. The van der Waals surface area contributed by atoms with Gasteiger partial charge >= 0.3 is 0 Å². The van der Waals surface area contributed by atoms with Gasteiger partial charge in [-0.25, -0.2) is 14.4 Å². The van der Waals surface area contributed by atoms with Crippen LogP contribution in [-0.2, 0) is 0 Å². The first kappa shape index (κ1) is 15.2. The minimum absolute atomic E-state index is 0.102. The van der Waals surface area contributed by atoms with Gasteiger partial charge in [-0.05, 0) is 37.1 Å². The molecule has 1 aliphatic carbocycles. The molecule has 0 atom stereocenters. The molecule has 0 amide bonds. The van der Waals surface area contributed by atoms with Crippen LogP contribution >= 0.6 is 0 Å². The van der Waals surface area contributed by atoms with Crippen molar-refractivity contribution in [3.63, 3.8) is 0 Å². The van der Waals surface area contributed by atoms with Crippen LogP contribution in [0.5, 0.6) is 0 Å². The molecule has 26 heavy (non-hydrogen) atoms. The Morgan fingerprint density at radius 2 is 1.92 bits per heavy atom. The number of halogens is 1. The smallest absolute Gasteiger partial charge is 0.284 e. The first-order chi connectivity index (χ1) is 12.7. The van der Waals surface area contributed by atoms with Crippen LogP contribution in [0.1, 0.15) is 31.7 Å². The summed E-state index contributed by atoms with van der Waals surface area (Å²) >= 11 is 0. The number of fused-ring (bicyclic) bond motifs is 2. The van der Waals surface area contributed by atoms with Crippen molar-refractivity contribution in [1.82, 2.24) is 24.1 Å². The summed E-state index contributed by atoms with van der Waals surface area (Å²) < 4.78 is 17.5. The SMILES string of the molecule is O=c1c2nccc(F)c2ccn1-c1nc2cccnc2n1C1CCCC1. The Bertz CT molecular complexity index is 1190. The molecule has 7 heteroatoms. The Kier molecular flexibility index (Phi) is 3.34. The van der Waals surface area contributed by atoms with Gasteiger partial charge in [-0.2, -0.15) is 0 Å². The zero-order chi connectivity index (χ0) is 17.7. The third-order valence-corrected chi connectivity index (χ3v) is 5.08. The second-order valence-corrected chi connectivity index (χ2v) is 6.61. The van der Waals surface area contributed by atoms with Crippen molar-refractivity contribution >= 4 is 22.1 Å². The van der Waals surface area contributed by atoms with Crippen LogP contribution in [0.15, 0.2) is 47.7 Å². The van der Waals surface area contributed by atoms with Crippen LogP contribution in [0.3, 0.4) is 0 Å². The fraction of sp³-hybridized carbons (Fsp3) is 0.263. The van der Waals surface area contributed by atoms with Crippen LogP contribution in [0, 0.1) is 5.82 Å². The van der Waals surface area contributed by atoms with Gasteiger partial charge < -0.3 is 0 Å². The molecule has 0 aromatic carbocycles. The molecule has 0 spiro atoms. The Hall–Kier alpha value is -3.09. The standard InChI is InChI=1S/C19H16FN5O/c20-14-7-10-21-16-13(14)8-11-24(18(16)26)19-23-15-6-3-9-22-17(15)25(19)12-4-1-2-5-12/h3,6-12H,1-2,4-5H2. The van der Waals surface area contributed by atoms with Crippen LogP contribution in [0.4, 0.5) is 4.39 Å². The van der Waals surface area contributed by atoms with Gasteiger partial charge in [-0.1, -0.05) is 12.8 Å². The maximum atomic E-state index is 14.0. The van der Waals surface area contributed by atoms with Gasteiger partial charge in [0.2, 0.25) is 5.95 Å². The predicted octanol–water partition coefficient (Wildman–Crippen LogP) is 3.38. The molecule has 0 N–H and O–H groups in total. The lowest BCUT2D eigenvalue weighted by atomic mass is 10.2. The van der Waals surface area contributed by atoms with E-state index in [2.05, 4.69) is 19.5 Å². The van der Waals surface area contributed by atoms with Crippen molar-refractivity contribution < 1.29 is 4.39 Å². The lowest BCUT2D eigenvalue weighted by molar-refractivity contribution is 0.517.